The van der Waals surface area contributed by atoms with E-state index in [1.807, 2.05) is 38.1 Å². The van der Waals surface area contributed by atoms with Crippen LogP contribution in [0.2, 0.25) is 5.02 Å². The fraction of sp³-hybridized carbons (Fsp3) is 0.200. The van der Waals surface area contributed by atoms with Gasteiger partial charge < -0.3 is 8.83 Å². The Morgan fingerprint density at radius 2 is 1.90 bits per heavy atom. The predicted molar refractivity (Wildman–Crippen MR) is 82.5 cm³/mol. The van der Waals surface area contributed by atoms with Gasteiger partial charge in [0.05, 0.1) is 17.6 Å². The predicted octanol–water partition coefficient (Wildman–Crippen LogP) is 4.89. The Labute approximate surface area is 131 Å². The maximum Gasteiger partial charge on any atom is 0.256 e. The fourth-order valence-electron chi connectivity index (χ4n) is 1.75. The molecule has 0 bridgehead atoms. The Morgan fingerprint density at radius 1 is 1.14 bits per heavy atom. The van der Waals surface area contributed by atoms with E-state index in [4.69, 9.17) is 20.4 Å². The van der Waals surface area contributed by atoms with Crippen molar-refractivity contribution in [2.45, 2.75) is 24.8 Å². The molecule has 0 radical (unpaired) electrons. The first-order valence-corrected chi connectivity index (χ1v) is 7.75. The molecule has 0 atom stereocenters. The lowest BCUT2D eigenvalue weighted by atomic mass is 10.2. The molecule has 0 unspecified atom stereocenters. The van der Waals surface area contributed by atoms with Crippen molar-refractivity contribution in [3.63, 3.8) is 0 Å². The van der Waals surface area contributed by atoms with Crippen LogP contribution in [0.1, 0.15) is 17.3 Å². The Morgan fingerprint density at radius 3 is 2.57 bits per heavy atom. The van der Waals surface area contributed by atoms with Gasteiger partial charge in [-0.05, 0) is 38.1 Å². The van der Waals surface area contributed by atoms with Gasteiger partial charge >= 0.3 is 0 Å². The number of rotatable bonds is 4. The van der Waals surface area contributed by atoms with Crippen LogP contribution in [-0.4, -0.2) is 9.97 Å². The van der Waals surface area contributed by atoms with Crippen LogP contribution in [0, 0.1) is 13.8 Å². The zero-order valence-electron chi connectivity index (χ0n) is 11.6. The maximum atomic E-state index is 5.87. The number of oxazole rings is 2. The molecule has 0 N–H and O–H groups in total. The summed E-state index contributed by atoms with van der Waals surface area (Å²) in [5, 5.41) is 1.33. The van der Waals surface area contributed by atoms with Gasteiger partial charge in [-0.25, -0.2) is 9.97 Å². The zero-order valence-corrected chi connectivity index (χ0v) is 13.2. The van der Waals surface area contributed by atoms with Gasteiger partial charge in [-0.1, -0.05) is 23.4 Å². The monoisotopic (exact) mass is 320 g/mol. The van der Waals surface area contributed by atoms with Crippen LogP contribution < -0.4 is 0 Å². The largest absolute Gasteiger partial charge is 0.440 e. The molecule has 3 aromatic rings. The highest BCUT2D eigenvalue weighted by Crippen LogP contribution is 2.27. The second-order valence-electron chi connectivity index (χ2n) is 4.54. The first-order valence-electron chi connectivity index (χ1n) is 6.39. The topological polar surface area (TPSA) is 52.1 Å². The van der Waals surface area contributed by atoms with Crippen LogP contribution in [-0.2, 0) is 5.75 Å². The minimum absolute atomic E-state index is 0.576. The van der Waals surface area contributed by atoms with Crippen molar-refractivity contribution < 1.29 is 8.83 Å². The molecule has 0 amide bonds. The average molecular weight is 321 g/mol. The number of hydrogen-bond acceptors (Lipinski definition) is 5. The molecule has 3 rings (SSSR count). The Bertz CT molecular complexity index is 730. The van der Waals surface area contributed by atoms with Gasteiger partial charge in [0.25, 0.3) is 5.22 Å². The van der Waals surface area contributed by atoms with Gasteiger partial charge in [-0.2, -0.15) is 0 Å². The van der Waals surface area contributed by atoms with Crippen LogP contribution in [0.4, 0.5) is 0 Å². The Kier molecular flexibility index (Phi) is 4.03. The highest BCUT2D eigenvalue weighted by atomic mass is 35.5. The summed E-state index contributed by atoms with van der Waals surface area (Å²) < 4.78 is 11.2. The van der Waals surface area contributed by atoms with E-state index in [-0.39, 0.29) is 0 Å². The molecular formula is C15H13ClN2O2S. The molecule has 0 aliphatic heterocycles. The minimum atomic E-state index is 0.576. The summed E-state index contributed by atoms with van der Waals surface area (Å²) >= 11 is 7.33. The Hall–Kier alpha value is -1.72. The standard InChI is InChI=1S/C15H13ClN2O2S/c1-9-10(2)19-15(18-9)21-8-14-17-7-13(20-14)11-3-5-12(16)6-4-11/h3-7H,8H2,1-2H3. The van der Waals surface area contributed by atoms with Crippen LogP contribution in [0.5, 0.6) is 0 Å². The van der Waals surface area contributed by atoms with Gasteiger partial charge in [0, 0.05) is 10.6 Å². The molecule has 0 saturated heterocycles. The van der Waals surface area contributed by atoms with Gasteiger partial charge in [0.15, 0.2) is 5.76 Å². The molecule has 2 aromatic heterocycles. The maximum absolute atomic E-state index is 5.87. The summed E-state index contributed by atoms with van der Waals surface area (Å²) in [5.41, 5.74) is 1.86. The normalized spacial score (nSPS) is 11.0. The van der Waals surface area contributed by atoms with Crippen molar-refractivity contribution in [1.29, 1.82) is 0 Å². The van der Waals surface area contributed by atoms with Crippen molar-refractivity contribution in [3.05, 3.63) is 52.8 Å². The van der Waals surface area contributed by atoms with Gasteiger partial charge in [0.1, 0.15) is 5.76 Å². The number of aromatic nitrogens is 2. The number of halogens is 1. The molecule has 108 valence electrons. The first-order chi connectivity index (χ1) is 10.1. The smallest absolute Gasteiger partial charge is 0.256 e. The van der Waals surface area contributed by atoms with Gasteiger partial charge in [-0.15, -0.1) is 0 Å². The van der Waals surface area contributed by atoms with Gasteiger partial charge in [-0.3, -0.25) is 0 Å². The molecule has 1 aromatic carbocycles. The van der Waals surface area contributed by atoms with E-state index < -0.39 is 0 Å². The molecule has 2 heterocycles. The average Bonchev–Trinajstić information content (AvgIpc) is 3.05. The summed E-state index contributed by atoms with van der Waals surface area (Å²) in [6.07, 6.45) is 1.71. The van der Waals surface area contributed by atoms with E-state index in [0.717, 1.165) is 22.8 Å². The second-order valence-corrected chi connectivity index (χ2v) is 5.90. The molecule has 0 aliphatic carbocycles. The Balaban J connectivity index is 1.69. The third-order valence-corrected chi connectivity index (χ3v) is 4.08. The van der Waals surface area contributed by atoms with E-state index in [0.29, 0.717) is 21.9 Å². The third kappa shape index (κ3) is 3.31. The molecule has 6 heteroatoms. The molecule has 21 heavy (non-hydrogen) atoms. The van der Waals surface area contributed by atoms with Crippen molar-refractivity contribution in [2.24, 2.45) is 0 Å². The number of aryl methyl sites for hydroxylation is 2. The molecular weight excluding hydrogens is 308 g/mol. The van der Waals surface area contributed by atoms with E-state index in [1.54, 1.807) is 6.20 Å². The molecule has 0 aliphatic rings. The fourth-order valence-corrected chi connectivity index (χ4v) is 2.64. The number of thioether (sulfide) groups is 1. The number of nitrogens with zero attached hydrogens (tertiary/aromatic N) is 2. The number of benzene rings is 1. The second kappa shape index (κ2) is 5.95. The first kappa shape index (κ1) is 14.2. The number of hydrogen-bond donors (Lipinski definition) is 0. The molecule has 0 fully saturated rings. The lowest BCUT2D eigenvalue weighted by molar-refractivity contribution is 0.430. The van der Waals surface area contributed by atoms with Gasteiger partial charge in [0.2, 0.25) is 5.89 Å². The highest BCUT2D eigenvalue weighted by Gasteiger charge is 2.10. The van der Waals surface area contributed by atoms with Crippen LogP contribution in [0.25, 0.3) is 11.3 Å². The minimum Gasteiger partial charge on any atom is -0.440 e. The SMILES string of the molecule is Cc1nc(SCc2ncc(-c3ccc(Cl)cc3)o2)oc1C. The molecule has 0 spiro atoms. The zero-order chi connectivity index (χ0) is 14.8. The molecule has 0 saturated carbocycles. The van der Waals surface area contributed by atoms with E-state index >= 15 is 0 Å². The quantitative estimate of drug-likeness (QED) is 0.640. The lowest BCUT2D eigenvalue weighted by Gasteiger charge is -1.96. The lowest BCUT2D eigenvalue weighted by Crippen LogP contribution is -1.79. The highest BCUT2D eigenvalue weighted by molar-refractivity contribution is 7.98. The van der Waals surface area contributed by atoms with Crippen LogP contribution >= 0.6 is 23.4 Å². The van der Waals surface area contributed by atoms with E-state index in [1.165, 1.54) is 11.8 Å². The summed E-state index contributed by atoms with van der Waals surface area (Å²) in [5.74, 6) is 2.78. The van der Waals surface area contributed by atoms with E-state index in [2.05, 4.69) is 9.97 Å². The third-order valence-electron chi connectivity index (χ3n) is 3.01. The summed E-state index contributed by atoms with van der Waals surface area (Å²) in [6.45, 7) is 3.82. The van der Waals surface area contributed by atoms with Crippen molar-refractivity contribution >= 4 is 23.4 Å². The molecule has 4 nitrogen and oxygen atoms in total. The summed E-state index contributed by atoms with van der Waals surface area (Å²) in [7, 11) is 0. The van der Waals surface area contributed by atoms with E-state index in [9.17, 15) is 0 Å². The van der Waals surface area contributed by atoms with Crippen LogP contribution in [0.3, 0.4) is 0 Å². The summed E-state index contributed by atoms with van der Waals surface area (Å²) in [4.78, 5) is 8.58. The summed E-state index contributed by atoms with van der Waals surface area (Å²) in [6, 6.07) is 7.46. The van der Waals surface area contributed by atoms with Crippen LogP contribution in [0.15, 0.2) is 44.5 Å². The van der Waals surface area contributed by atoms with Crippen molar-refractivity contribution in [1.82, 2.24) is 9.97 Å². The van der Waals surface area contributed by atoms with Crippen molar-refractivity contribution in [3.8, 4) is 11.3 Å². The van der Waals surface area contributed by atoms with Crippen molar-refractivity contribution in [2.75, 3.05) is 0 Å².